The van der Waals surface area contributed by atoms with Gasteiger partial charge in [0.05, 0.1) is 0 Å². The van der Waals surface area contributed by atoms with E-state index >= 15 is 0 Å². The Labute approximate surface area is 127 Å². The summed E-state index contributed by atoms with van der Waals surface area (Å²) < 4.78 is 0. The summed E-state index contributed by atoms with van der Waals surface area (Å²) in [5.41, 5.74) is 0. The second-order valence-electron chi connectivity index (χ2n) is 7.77. The molecule has 2 heteroatoms. The zero-order valence-electron chi connectivity index (χ0n) is 13.6. The molecule has 0 radical (unpaired) electrons. The SMILES string of the molecule is C1CCC(B(C2CCCCC2)C2CCCCC2)CC1.N. The largest absolute Gasteiger partial charge is 0.344 e. The summed E-state index contributed by atoms with van der Waals surface area (Å²) in [6, 6.07) is 0. The van der Waals surface area contributed by atoms with Crippen LogP contribution >= 0.6 is 0 Å². The first kappa shape index (κ1) is 16.4. The standard InChI is InChI=1S/C18H33B.H3N/c1-4-10-16(11-5-1)19(17-12-6-2-7-13-17)18-14-8-3-9-15-18;/h16-18H,1-15H2;1H3. The van der Waals surface area contributed by atoms with Crippen molar-refractivity contribution in [3.8, 4) is 0 Å². The smallest absolute Gasteiger partial charge is 0.149 e. The van der Waals surface area contributed by atoms with Crippen molar-refractivity contribution < 1.29 is 0 Å². The molecule has 116 valence electrons. The zero-order valence-corrected chi connectivity index (χ0v) is 13.6. The van der Waals surface area contributed by atoms with Crippen molar-refractivity contribution >= 4 is 6.71 Å². The molecule has 0 aliphatic heterocycles. The average Bonchev–Trinajstić information content (AvgIpc) is 2.51. The fourth-order valence-corrected chi connectivity index (χ4v) is 5.71. The molecule has 3 rings (SSSR count). The van der Waals surface area contributed by atoms with Gasteiger partial charge in [-0.05, 0) is 0 Å². The molecule has 3 fully saturated rings. The van der Waals surface area contributed by atoms with E-state index in [4.69, 9.17) is 0 Å². The van der Waals surface area contributed by atoms with E-state index in [1.165, 1.54) is 19.3 Å². The predicted octanol–water partition coefficient (Wildman–Crippen LogP) is 6.65. The molecule has 3 N–H and O–H groups in total. The molecule has 0 heterocycles. The first-order valence-electron chi connectivity index (χ1n) is 9.45. The molecule has 20 heavy (non-hydrogen) atoms. The molecular weight excluding hydrogens is 241 g/mol. The minimum Gasteiger partial charge on any atom is -0.344 e. The van der Waals surface area contributed by atoms with Crippen molar-refractivity contribution in [3.63, 3.8) is 0 Å². The molecule has 3 aliphatic rings. The van der Waals surface area contributed by atoms with E-state index in [0.717, 1.165) is 24.2 Å². The molecule has 0 unspecified atom stereocenters. The Balaban J connectivity index is 0.00000147. The summed E-state index contributed by atoms with van der Waals surface area (Å²) in [7, 11) is 0. The van der Waals surface area contributed by atoms with Crippen LogP contribution in [-0.4, -0.2) is 6.71 Å². The van der Waals surface area contributed by atoms with Crippen LogP contribution in [0.15, 0.2) is 0 Å². The average molecular weight is 277 g/mol. The highest BCUT2D eigenvalue weighted by Gasteiger charge is 2.39. The lowest BCUT2D eigenvalue weighted by Gasteiger charge is -2.41. The van der Waals surface area contributed by atoms with Gasteiger partial charge in [0, 0.05) is 0 Å². The van der Waals surface area contributed by atoms with Crippen molar-refractivity contribution in [2.45, 2.75) is 114 Å². The van der Waals surface area contributed by atoms with Crippen molar-refractivity contribution in [2.75, 3.05) is 0 Å². The molecule has 1 nitrogen and oxygen atoms in total. The zero-order chi connectivity index (χ0) is 12.9. The third-order valence-electron chi connectivity index (χ3n) is 6.58. The molecule has 0 aromatic carbocycles. The van der Waals surface area contributed by atoms with Crippen molar-refractivity contribution in [3.05, 3.63) is 0 Å². The highest BCUT2D eigenvalue weighted by Crippen LogP contribution is 2.49. The molecule has 0 atom stereocenters. The Morgan fingerprint density at radius 1 is 0.400 bits per heavy atom. The molecule has 3 aliphatic carbocycles. The van der Waals surface area contributed by atoms with E-state index in [0.29, 0.717) is 0 Å². The topological polar surface area (TPSA) is 35.0 Å². The van der Waals surface area contributed by atoms with Crippen LogP contribution in [0.4, 0.5) is 0 Å². The lowest BCUT2D eigenvalue weighted by atomic mass is 9.24. The molecule has 0 aromatic rings. The van der Waals surface area contributed by atoms with Gasteiger partial charge in [0.2, 0.25) is 0 Å². The van der Waals surface area contributed by atoms with Gasteiger partial charge in [-0.3, -0.25) is 0 Å². The maximum Gasteiger partial charge on any atom is 0.149 e. The molecule has 0 saturated heterocycles. The normalized spacial score (nSPS) is 27.0. The Bertz CT molecular complexity index is 207. The summed E-state index contributed by atoms with van der Waals surface area (Å²) in [4.78, 5) is 0. The molecule has 0 aromatic heterocycles. The Morgan fingerprint density at radius 3 is 0.900 bits per heavy atom. The molecule has 0 spiro atoms. The van der Waals surface area contributed by atoms with Crippen LogP contribution in [0.25, 0.3) is 0 Å². The first-order chi connectivity index (χ1) is 9.45. The van der Waals surface area contributed by atoms with Gasteiger partial charge in [-0.1, -0.05) is 114 Å². The minimum absolute atomic E-state index is 0. The summed E-state index contributed by atoms with van der Waals surface area (Å²) in [5.74, 6) is 3.37. The van der Waals surface area contributed by atoms with Crippen LogP contribution in [0, 0.1) is 0 Å². The van der Waals surface area contributed by atoms with Gasteiger partial charge in [0.25, 0.3) is 0 Å². The fourth-order valence-electron chi connectivity index (χ4n) is 5.71. The number of rotatable bonds is 3. The van der Waals surface area contributed by atoms with Crippen LogP contribution in [0.1, 0.15) is 96.3 Å². The third kappa shape index (κ3) is 4.03. The van der Waals surface area contributed by atoms with E-state index in [1.807, 2.05) is 0 Å². The fraction of sp³-hybridized carbons (Fsp3) is 1.00. The summed E-state index contributed by atoms with van der Waals surface area (Å²) in [6.45, 7) is 1.14. The lowest BCUT2D eigenvalue weighted by Crippen LogP contribution is -2.35. The van der Waals surface area contributed by atoms with E-state index < -0.39 is 0 Å². The highest BCUT2D eigenvalue weighted by molar-refractivity contribution is 6.63. The molecular formula is C18H36BN. The van der Waals surface area contributed by atoms with Gasteiger partial charge >= 0.3 is 0 Å². The Morgan fingerprint density at radius 2 is 0.650 bits per heavy atom. The Kier molecular flexibility index (Phi) is 6.94. The minimum atomic E-state index is 0. The lowest BCUT2D eigenvalue weighted by molar-refractivity contribution is 0.429. The van der Waals surface area contributed by atoms with Gasteiger partial charge in [-0.15, -0.1) is 0 Å². The van der Waals surface area contributed by atoms with Crippen LogP contribution in [0.2, 0.25) is 17.5 Å². The maximum absolute atomic E-state index is 1.58. The molecule has 0 amide bonds. The van der Waals surface area contributed by atoms with Crippen LogP contribution in [0.3, 0.4) is 0 Å². The van der Waals surface area contributed by atoms with Gasteiger partial charge in [0.15, 0.2) is 0 Å². The van der Waals surface area contributed by atoms with Crippen LogP contribution in [0.5, 0.6) is 0 Å². The second-order valence-corrected chi connectivity index (χ2v) is 7.77. The molecule has 0 bridgehead atoms. The monoisotopic (exact) mass is 277 g/mol. The van der Waals surface area contributed by atoms with Gasteiger partial charge in [0.1, 0.15) is 6.71 Å². The first-order valence-corrected chi connectivity index (χ1v) is 9.45. The summed E-state index contributed by atoms with van der Waals surface area (Å²) in [6.07, 6.45) is 23.3. The quantitative estimate of drug-likeness (QED) is 0.576. The molecule has 3 saturated carbocycles. The Hall–Kier alpha value is 0.0249. The highest BCUT2D eigenvalue weighted by atomic mass is 14.3. The van der Waals surface area contributed by atoms with Crippen molar-refractivity contribution in [1.29, 1.82) is 0 Å². The van der Waals surface area contributed by atoms with E-state index in [2.05, 4.69) is 0 Å². The van der Waals surface area contributed by atoms with Crippen LogP contribution in [-0.2, 0) is 0 Å². The van der Waals surface area contributed by atoms with Gasteiger partial charge in [-0.2, -0.15) is 0 Å². The summed E-state index contributed by atoms with van der Waals surface area (Å²) >= 11 is 0. The van der Waals surface area contributed by atoms with E-state index in [1.54, 1.807) is 77.0 Å². The number of hydrogen-bond donors (Lipinski definition) is 1. The van der Waals surface area contributed by atoms with Gasteiger partial charge in [-0.25, -0.2) is 0 Å². The van der Waals surface area contributed by atoms with Crippen molar-refractivity contribution in [2.24, 2.45) is 0 Å². The summed E-state index contributed by atoms with van der Waals surface area (Å²) in [5, 5.41) is 0. The second kappa shape index (κ2) is 8.46. The van der Waals surface area contributed by atoms with E-state index in [-0.39, 0.29) is 6.15 Å². The van der Waals surface area contributed by atoms with E-state index in [9.17, 15) is 0 Å². The predicted molar refractivity (Wildman–Crippen MR) is 91.3 cm³/mol. The van der Waals surface area contributed by atoms with Crippen LogP contribution < -0.4 is 6.15 Å². The van der Waals surface area contributed by atoms with Gasteiger partial charge < -0.3 is 6.15 Å². The van der Waals surface area contributed by atoms with Crippen molar-refractivity contribution in [1.82, 2.24) is 6.15 Å². The third-order valence-corrected chi connectivity index (χ3v) is 6.58. The number of hydrogen-bond acceptors (Lipinski definition) is 1. The maximum atomic E-state index is 1.58.